The highest BCUT2D eigenvalue weighted by atomic mass is 127. The average molecular weight is 422 g/mol. The maximum Gasteiger partial charge on any atom is 0.190 e. The summed E-state index contributed by atoms with van der Waals surface area (Å²) in [4.78, 5) is 6.10. The van der Waals surface area contributed by atoms with Crippen molar-refractivity contribution in [3.8, 4) is 0 Å². The van der Waals surface area contributed by atoms with Gasteiger partial charge in [0.2, 0.25) is 0 Å². The van der Waals surface area contributed by atoms with Crippen LogP contribution in [0, 0.1) is 11.7 Å². The van der Waals surface area contributed by atoms with Crippen LogP contribution in [0.2, 0.25) is 0 Å². The van der Waals surface area contributed by atoms with Crippen LogP contribution in [-0.4, -0.2) is 39.7 Å². The summed E-state index contributed by atoms with van der Waals surface area (Å²) in [5.41, 5.74) is 0.639. The zero-order valence-electron chi connectivity index (χ0n) is 13.9. The first-order chi connectivity index (χ1) is 10.0. The van der Waals surface area contributed by atoms with Gasteiger partial charge in [-0.1, -0.05) is 26.0 Å². The van der Waals surface area contributed by atoms with E-state index in [1.54, 1.807) is 19.2 Å². The predicted molar refractivity (Wildman–Crippen MR) is 104 cm³/mol. The Kier molecular flexibility index (Phi) is 11.0. The third-order valence-corrected chi connectivity index (χ3v) is 3.13. The van der Waals surface area contributed by atoms with Gasteiger partial charge in [0.05, 0.1) is 5.69 Å². The summed E-state index contributed by atoms with van der Waals surface area (Å²) in [5.74, 6) is 1.22. The van der Waals surface area contributed by atoms with Crippen molar-refractivity contribution in [3.05, 3.63) is 30.1 Å². The smallest absolute Gasteiger partial charge is 0.190 e. The van der Waals surface area contributed by atoms with Crippen LogP contribution in [0.25, 0.3) is 0 Å². The van der Waals surface area contributed by atoms with Crippen LogP contribution in [0.1, 0.15) is 20.3 Å². The van der Waals surface area contributed by atoms with Crippen molar-refractivity contribution in [2.24, 2.45) is 10.9 Å². The van der Waals surface area contributed by atoms with Crippen LogP contribution in [0.15, 0.2) is 29.3 Å². The van der Waals surface area contributed by atoms with Crippen LogP contribution < -0.4 is 15.5 Å². The summed E-state index contributed by atoms with van der Waals surface area (Å²) < 4.78 is 13.6. The van der Waals surface area contributed by atoms with E-state index in [-0.39, 0.29) is 29.8 Å². The molecule has 1 aromatic rings. The van der Waals surface area contributed by atoms with E-state index in [1.807, 2.05) is 18.0 Å². The Hall–Kier alpha value is -1.05. The molecule has 0 saturated carbocycles. The zero-order chi connectivity index (χ0) is 15.7. The number of benzene rings is 1. The van der Waals surface area contributed by atoms with E-state index in [0.29, 0.717) is 11.6 Å². The molecule has 0 atom stereocenters. The SMILES string of the molecule is CN=C(NCCCN(C)c1ccccc1F)NCC(C)C.I. The van der Waals surface area contributed by atoms with Crippen LogP contribution in [0.3, 0.4) is 0 Å². The quantitative estimate of drug-likeness (QED) is 0.307. The van der Waals surface area contributed by atoms with Crippen molar-refractivity contribution in [2.45, 2.75) is 20.3 Å². The average Bonchev–Trinajstić information content (AvgIpc) is 2.46. The van der Waals surface area contributed by atoms with Crippen LogP contribution in [0.5, 0.6) is 0 Å². The van der Waals surface area contributed by atoms with Crippen molar-refractivity contribution >= 4 is 35.6 Å². The van der Waals surface area contributed by atoms with Gasteiger partial charge in [-0.15, -0.1) is 24.0 Å². The van der Waals surface area contributed by atoms with E-state index < -0.39 is 0 Å². The Labute approximate surface area is 150 Å². The van der Waals surface area contributed by atoms with Crippen molar-refractivity contribution in [1.82, 2.24) is 10.6 Å². The number of hydrogen-bond acceptors (Lipinski definition) is 2. The standard InChI is InChI=1S/C16H27FN4.HI/c1-13(2)12-20-16(18-3)19-10-7-11-21(4)15-9-6-5-8-14(15)17;/h5-6,8-9,13H,7,10-12H2,1-4H3,(H2,18,19,20);1H. The van der Waals surface area contributed by atoms with Gasteiger partial charge in [0.25, 0.3) is 0 Å². The Morgan fingerprint density at radius 1 is 1.27 bits per heavy atom. The van der Waals surface area contributed by atoms with Gasteiger partial charge in [0, 0.05) is 33.7 Å². The molecule has 1 rings (SSSR count). The van der Waals surface area contributed by atoms with Gasteiger partial charge in [-0.3, -0.25) is 4.99 Å². The van der Waals surface area contributed by atoms with Gasteiger partial charge in [-0.2, -0.15) is 0 Å². The second-order valence-corrected chi connectivity index (χ2v) is 5.50. The molecule has 1 aromatic carbocycles. The van der Waals surface area contributed by atoms with E-state index in [2.05, 4.69) is 29.5 Å². The highest BCUT2D eigenvalue weighted by Crippen LogP contribution is 2.16. The molecule has 0 unspecified atom stereocenters. The molecule has 0 amide bonds. The van der Waals surface area contributed by atoms with Gasteiger partial charge in [0.15, 0.2) is 5.96 Å². The fraction of sp³-hybridized carbons (Fsp3) is 0.562. The normalized spacial score (nSPS) is 11.1. The first-order valence-electron chi connectivity index (χ1n) is 7.44. The third-order valence-electron chi connectivity index (χ3n) is 3.13. The highest BCUT2D eigenvalue weighted by molar-refractivity contribution is 14.0. The number of guanidine groups is 1. The highest BCUT2D eigenvalue weighted by Gasteiger charge is 2.06. The van der Waals surface area contributed by atoms with Crippen LogP contribution >= 0.6 is 24.0 Å². The maximum atomic E-state index is 13.6. The third kappa shape index (κ3) is 7.82. The fourth-order valence-electron chi connectivity index (χ4n) is 1.93. The molecular formula is C16H28FIN4. The van der Waals surface area contributed by atoms with Gasteiger partial charge in [0.1, 0.15) is 5.82 Å². The summed E-state index contributed by atoms with van der Waals surface area (Å²) in [7, 11) is 3.67. The number of anilines is 1. The molecule has 0 heterocycles. The molecule has 0 radical (unpaired) electrons. The van der Waals surface area contributed by atoms with Crippen molar-refractivity contribution in [3.63, 3.8) is 0 Å². The molecule has 4 nitrogen and oxygen atoms in total. The van der Waals surface area contributed by atoms with Crippen LogP contribution in [0.4, 0.5) is 10.1 Å². The molecule has 0 fully saturated rings. The molecule has 126 valence electrons. The lowest BCUT2D eigenvalue weighted by molar-refractivity contribution is 0.609. The van der Waals surface area contributed by atoms with E-state index in [1.165, 1.54) is 6.07 Å². The molecular weight excluding hydrogens is 394 g/mol. The number of nitrogens with one attached hydrogen (secondary N) is 2. The number of hydrogen-bond donors (Lipinski definition) is 2. The lowest BCUT2D eigenvalue weighted by Crippen LogP contribution is -2.40. The monoisotopic (exact) mass is 422 g/mol. The first-order valence-corrected chi connectivity index (χ1v) is 7.44. The molecule has 0 bridgehead atoms. The minimum atomic E-state index is -0.178. The molecule has 2 N–H and O–H groups in total. The summed E-state index contributed by atoms with van der Waals surface area (Å²) in [6.07, 6.45) is 0.910. The number of nitrogens with zero attached hydrogens (tertiary/aromatic N) is 2. The Bertz CT molecular complexity index is 452. The van der Waals surface area contributed by atoms with Gasteiger partial charge in [-0.05, 0) is 24.5 Å². The summed E-state index contributed by atoms with van der Waals surface area (Å²) in [6.45, 7) is 6.80. The van der Waals surface area contributed by atoms with E-state index >= 15 is 0 Å². The van der Waals surface area contributed by atoms with Gasteiger partial charge < -0.3 is 15.5 Å². The fourth-order valence-corrected chi connectivity index (χ4v) is 1.93. The largest absolute Gasteiger partial charge is 0.372 e. The van der Waals surface area contributed by atoms with Gasteiger partial charge in [-0.25, -0.2) is 4.39 Å². The van der Waals surface area contributed by atoms with Crippen molar-refractivity contribution < 1.29 is 4.39 Å². The summed E-state index contributed by atoms with van der Waals surface area (Å²) >= 11 is 0. The second-order valence-electron chi connectivity index (χ2n) is 5.50. The second kappa shape index (κ2) is 11.5. The summed E-state index contributed by atoms with van der Waals surface area (Å²) in [5, 5.41) is 6.53. The lowest BCUT2D eigenvalue weighted by Gasteiger charge is -2.20. The van der Waals surface area contributed by atoms with E-state index in [9.17, 15) is 4.39 Å². The molecule has 0 aromatic heterocycles. The van der Waals surface area contributed by atoms with E-state index in [0.717, 1.165) is 32.0 Å². The maximum absolute atomic E-state index is 13.6. The summed E-state index contributed by atoms with van der Waals surface area (Å²) in [6, 6.07) is 6.84. The number of aliphatic imine (C=N–C) groups is 1. The minimum absolute atomic E-state index is 0. The molecule has 0 aliphatic carbocycles. The predicted octanol–water partition coefficient (Wildman–Crippen LogP) is 3.09. The zero-order valence-corrected chi connectivity index (χ0v) is 16.2. The Morgan fingerprint density at radius 3 is 2.55 bits per heavy atom. The lowest BCUT2D eigenvalue weighted by atomic mass is 10.2. The van der Waals surface area contributed by atoms with Crippen molar-refractivity contribution in [1.29, 1.82) is 0 Å². The van der Waals surface area contributed by atoms with Gasteiger partial charge >= 0.3 is 0 Å². The Balaban J connectivity index is 0.00000441. The number of rotatable bonds is 7. The number of halogens is 2. The minimum Gasteiger partial charge on any atom is -0.372 e. The molecule has 0 spiro atoms. The van der Waals surface area contributed by atoms with Crippen molar-refractivity contribution in [2.75, 3.05) is 38.6 Å². The molecule has 0 aliphatic heterocycles. The molecule has 22 heavy (non-hydrogen) atoms. The molecule has 6 heteroatoms. The topological polar surface area (TPSA) is 39.7 Å². The van der Waals surface area contributed by atoms with Crippen LogP contribution in [-0.2, 0) is 0 Å². The van der Waals surface area contributed by atoms with E-state index in [4.69, 9.17) is 0 Å². The molecule has 0 aliphatic rings. The first kappa shape index (κ1) is 20.9. The Morgan fingerprint density at radius 2 is 1.95 bits per heavy atom. The number of para-hydroxylation sites is 1. The molecule has 0 saturated heterocycles.